The van der Waals surface area contributed by atoms with Gasteiger partial charge >= 0.3 is 6.09 Å². The zero-order chi connectivity index (χ0) is 11.8. The highest BCUT2D eigenvalue weighted by atomic mass is 16.6. The number of alkyl carbamates (subject to hydrolysis) is 1. The van der Waals surface area contributed by atoms with Crippen molar-refractivity contribution < 1.29 is 14.3 Å². The summed E-state index contributed by atoms with van der Waals surface area (Å²) < 4.78 is 4.74. The molecule has 5 heteroatoms. The third-order valence-electron chi connectivity index (χ3n) is 2.55. The van der Waals surface area contributed by atoms with E-state index < -0.39 is 12.0 Å². The first-order chi connectivity index (χ1) is 8.24. The maximum atomic E-state index is 11.3. The van der Waals surface area contributed by atoms with Gasteiger partial charge in [0.1, 0.15) is 0 Å². The van der Waals surface area contributed by atoms with Crippen LogP contribution in [-0.2, 0) is 9.53 Å². The molecule has 0 atom stereocenters. The van der Waals surface area contributed by atoms with Crippen molar-refractivity contribution in [2.45, 2.75) is 0 Å². The average molecular weight is 228 g/mol. The van der Waals surface area contributed by atoms with Crippen LogP contribution in [0.25, 0.3) is 17.0 Å². The lowest BCUT2D eigenvalue weighted by Crippen LogP contribution is -2.18. The Balaban J connectivity index is 2.08. The van der Waals surface area contributed by atoms with Gasteiger partial charge < -0.3 is 9.72 Å². The summed E-state index contributed by atoms with van der Waals surface area (Å²) in [6.45, 7) is 0. The van der Waals surface area contributed by atoms with Crippen molar-refractivity contribution >= 4 is 29.0 Å². The molecule has 0 saturated carbocycles. The molecule has 2 heterocycles. The molecule has 2 amide bonds. The molecule has 0 radical (unpaired) electrons. The van der Waals surface area contributed by atoms with Crippen LogP contribution in [-0.4, -0.2) is 17.0 Å². The number of aromatic amines is 1. The van der Waals surface area contributed by atoms with E-state index in [1.54, 1.807) is 12.3 Å². The summed E-state index contributed by atoms with van der Waals surface area (Å²) in [5, 5.41) is 3.02. The number of H-pyrrole nitrogens is 1. The number of nitrogens with one attached hydrogen (secondary N) is 2. The molecular formula is C12H8N2O3. The molecule has 1 saturated heterocycles. The van der Waals surface area contributed by atoms with Crippen molar-refractivity contribution in [3.63, 3.8) is 0 Å². The van der Waals surface area contributed by atoms with Gasteiger partial charge in [0.15, 0.2) is 5.76 Å². The Bertz CT molecular complexity index is 655. The number of hydrogen-bond donors (Lipinski definition) is 2. The molecule has 1 aromatic heterocycles. The van der Waals surface area contributed by atoms with Gasteiger partial charge in [-0.05, 0) is 12.1 Å². The van der Waals surface area contributed by atoms with Crippen LogP contribution in [0.3, 0.4) is 0 Å². The number of imide groups is 1. The fourth-order valence-corrected chi connectivity index (χ4v) is 1.78. The molecule has 1 aliphatic rings. The molecule has 0 bridgehead atoms. The first-order valence-corrected chi connectivity index (χ1v) is 5.05. The minimum Gasteiger partial charge on any atom is -0.404 e. The van der Waals surface area contributed by atoms with E-state index in [4.69, 9.17) is 4.74 Å². The number of fused-ring (bicyclic) bond motifs is 1. The van der Waals surface area contributed by atoms with Crippen LogP contribution >= 0.6 is 0 Å². The Labute approximate surface area is 96.1 Å². The third-order valence-corrected chi connectivity index (χ3v) is 2.55. The first-order valence-electron chi connectivity index (χ1n) is 5.05. The zero-order valence-corrected chi connectivity index (χ0v) is 8.69. The van der Waals surface area contributed by atoms with E-state index in [9.17, 15) is 9.59 Å². The summed E-state index contributed by atoms with van der Waals surface area (Å²) >= 11 is 0. The Hall–Kier alpha value is -2.56. The molecule has 1 fully saturated rings. The molecule has 3 rings (SSSR count). The van der Waals surface area contributed by atoms with E-state index in [0.29, 0.717) is 0 Å². The minimum absolute atomic E-state index is 0.0137. The predicted molar refractivity (Wildman–Crippen MR) is 60.9 cm³/mol. The van der Waals surface area contributed by atoms with E-state index in [-0.39, 0.29) is 5.76 Å². The van der Waals surface area contributed by atoms with Crippen LogP contribution in [0.2, 0.25) is 0 Å². The van der Waals surface area contributed by atoms with Gasteiger partial charge in [-0.3, -0.25) is 10.1 Å². The number of carbonyl (C=O) groups excluding carboxylic acids is 2. The lowest BCUT2D eigenvalue weighted by molar-refractivity contribution is -0.116. The lowest BCUT2D eigenvalue weighted by Gasteiger charge is -1.93. The molecule has 0 spiro atoms. The molecule has 0 aliphatic carbocycles. The standard InChI is InChI=1S/C12H8N2O3/c15-11-10(17-12(16)14-11)5-7-6-13-9-4-2-1-3-8(7)9/h1-6,13H,(H,14,15,16)/b10-5+. The molecule has 84 valence electrons. The fraction of sp³-hybridized carbons (Fsp3) is 0. The summed E-state index contributed by atoms with van der Waals surface area (Å²) in [6, 6.07) is 7.67. The Morgan fingerprint density at radius 1 is 1.18 bits per heavy atom. The van der Waals surface area contributed by atoms with Crippen LogP contribution in [0.15, 0.2) is 36.2 Å². The van der Waals surface area contributed by atoms with Crippen LogP contribution in [0.1, 0.15) is 5.56 Å². The number of aromatic nitrogens is 1. The minimum atomic E-state index is -0.735. The number of cyclic esters (lactones) is 1. The van der Waals surface area contributed by atoms with Gasteiger partial charge in [0, 0.05) is 22.7 Å². The number of amides is 2. The normalized spacial score (nSPS) is 17.5. The second kappa shape index (κ2) is 3.48. The quantitative estimate of drug-likeness (QED) is 0.731. The third kappa shape index (κ3) is 1.57. The summed E-state index contributed by atoms with van der Waals surface area (Å²) in [4.78, 5) is 25.2. The van der Waals surface area contributed by atoms with Crippen molar-refractivity contribution in [2.75, 3.05) is 0 Å². The lowest BCUT2D eigenvalue weighted by atomic mass is 10.1. The van der Waals surface area contributed by atoms with Crippen molar-refractivity contribution in [3.8, 4) is 0 Å². The van der Waals surface area contributed by atoms with Crippen LogP contribution in [0, 0.1) is 0 Å². The number of hydrogen-bond acceptors (Lipinski definition) is 3. The molecule has 2 aromatic rings. The van der Waals surface area contributed by atoms with Crippen molar-refractivity contribution in [1.29, 1.82) is 0 Å². The fourth-order valence-electron chi connectivity index (χ4n) is 1.78. The molecule has 0 unspecified atom stereocenters. The van der Waals surface area contributed by atoms with Crippen molar-refractivity contribution in [2.24, 2.45) is 0 Å². The van der Waals surface area contributed by atoms with E-state index in [1.165, 1.54) is 0 Å². The van der Waals surface area contributed by atoms with Crippen LogP contribution < -0.4 is 5.32 Å². The molecule has 5 nitrogen and oxygen atoms in total. The Morgan fingerprint density at radius 2 is 2.00 bits per heavy atom. The second-order valence-corrected chi connectivity index (χ2v) is 3.64. The first kappa shape index (κ1) is 9.65. The van der Waals surface area contributed by atoms with Crippen LogP contribution in [0.4, 0.5) is 4.79 Å². The van der Waals surface area contributed by atoms with Gasteiger partial charge in [-0.2, -0.15) is 0 Å². The average Bonchev–Trinajstić information content (AvgIpc) is 2.85. The number of para-hydroxylation sites is 1. The van der Waals surface area contributed by atoms with Crippen LogP contribution in [0.5, 0.6) is 0 Å². The number of benzene rings is 1. The van der Waals surface area contributed by atoms with Gasteiger partial charge in [-0.1, -0.05) is 18.2 Å². The predicted octanol–water partition coefficient (Wildman–Crippen LogP) is 1.78. The zero-order valence-electron chi connectivity index (χ0n) is 8.69. The van der Waals surface area contributed by atoms with Gasteiger partial charge in [0.2, 0.25) is 0 Å². The number of carbonyl (C=O) groups is 2. The highest BCUT2D eigenvalue weighted by Gasteiger charge is 2.26. The maximum absolute atomic E-state index is 11.3. The highest BCUT2D eigenvalue weighted by Crippen LogP contribution is 2.21. The SMILES string of the molecule is O=C1NC(=O)/C(=C\c2c[nH]c3ccccc23)O1. The molecule has 1 aliphatic heterocycles. The maximum Gasteiger partial charge on any atom is 0.419 e. The molecule has 2 N–H and O–H groups in total. The van der Waals surface area contributed by atoms with E-state index in [0.717, 1.165) is 16.5 Å². The van der Waals surface area contributed by atoms with E-state index >= 15 is 0 Å². The summed E-state index contributed by atoms with van der Waals surface area (Å²) in [6.07, 6.45) is 2.57. The van der Waals surface area contributed by atoms with E-state index in [1.807, 2.05) is 29.6 Å². The Morgan fingerprint density at radius 3 is 2.76 bits per heavy atom. The summed E-state index contributed by atoms with van der Waals surface area (Å²) in [7, 11) is 0. The number of rotatable bonds is 1. The molecule has 1 aromatic carbocycles. The topological polar surface area (TPSA) is 71.2 Å². The van der Waals surface area contributed by atoms with Gasteiger partial charge in [-0.25, -0.2) is 4.79 Å². The second-order valence-electron chi connectivity index (χ2n) is 3.64. The van der Waals surface area contributed by atoms with Gasteiger partial charge in [0.05, 0.1) is 0 Å². The largest absolute Gasteiger partial charge is 0.419 e. The smallest absolute Gasteiger partial charge is 0.404 e. The monoisotopic (exact) mass is 228 g/mol. The van der Waals surface area contributed by atoms with E-state index in [2.05, 4.69) is 4.98 Å². The summed E-state index contributed by atoms with van der Waals surface area (Å²) in [5.74, 6) is -0.500. The van der Waals surface area contributed by atoms with Gasteiger partial charge in [-0.15, -0.1) is 0 Å². The Kier molecular flexibility index (Phi) is 1.98. The summed E-state index contributed by atoms with van der Waals surface area (Å²) in [5.41, 5.74) is 1.77. The molecule has 17 heavy (non-hydrogen) atoms. The highest BCUT2D eigenvalue weighted by molar-refractivity contribution is 6.10. The van der Waals surface area contributed by atoms with Crippen molar-refractivity contribution in [1.82, 2.24) is 10.3 Å². The number of ether oxygens (including phenoxy) is 1. The molecular weight excluding hydrogens is 220 g/mol. The van der Waals surface area contributed by atoms with Gasteiger partial charge in [0.25, 0.3) is 5.91 Å². The van der Waals surface area contributed by atoms with Crippen molar-refractivity contribution in [3.05, 3.63) is 41.8 Å².